The van der Waals surface area contributed by atoms with Gasteiger partial charge < -0.3 is 13.8 Å². The van der Waals surface area contributed by atoms with Crippen LogP contribution >= 0.6 is 11.6 Å². The zero-order valence-electron chi connectivity index (χ0n) is 17.4. The van der Waals surface area contributed by atoms with E-state index in [9.17, 15) is 23.3 Å². The van der Waals surface area contributed by atoms with Crippen LogP contribution in [-0.4, -0.2) is 44.3 Å². The van der Waals surface area contributed by atoms with Gasteiger partial charge in [0.15, 0.2) is 0 Å². The monoisotopic (exact) mass is 490 g/mol. The van der Waals surface area contributed by atoms with Gasteiger partial charge in [-0.3, -0.25) is 14.9 Å². The highest BCUT2D eigenvalue weighted by molar-refractivity contribution is 7.87. The standard InChI is InChI=1S/C22H19ClN2O7S/c1-24(13-14-31-21-8-3-2-7-20(21)23)22(26)16-9-11-18(12-10-16)32-33(29,30)19-6-4-5-17(15-19)25(27)28/h2-12,15H,13-14H2,1H3. The molecular formula is C22H19ClN2O7S. The van der Waals surface area contributed by atoms with Crippen LogP contribution in [0.25, 0.3) is 0 Å². The van der Waals surface area contributed by atoms with Crippen molar-refractivity contribution >= 4 is 33.3 Å². The lowest BCUT2D eigenvalue weighted by Crippen LogP contribution is -2.30. The largest absolute Gasteiger partial charge is 0.490 e. The molecule has 11 heteroatoms. The number of nitrogens with zero attached hydrogens (tertiary/aromatic N) is 2. The normalized spacial score (nSPS) is 11.0. The summed E-state index contributed by atoms with van der Waals surface area (Å²) in [4.78, 5) is 23.9. The third-order valence-electron chi connectivity index (χ3n) is 4.49. The summed E-state index contributed by atoms with van der Waals surface area (Å²) in [7, 11) is -2.68. The van der Waals surface area contributed by atoms with Gasteiger partial charge >= 0.3 is 10.1 Å². The predicted octanol–water partition coefficient (Wildman–Crippen LogP) is 4.17. The Hall–Kier alpha value is -3.63. The minimum Gasteiger partial charge on any atom is -0.490 e. The molecule has 3 aromatic rings. The van der Waals surface area contributed by atoms with Gasteiger partial charge in [-0.15, -0.1) is 0 Å². The predicted molar refractivity (Wildman–Crippen MR) is 121 cm³/mol. The summed E-state index contributed by atoms with van der Waals surface area (Å²) in [5, 5.41) is 11.3. The Balaban J connectivity index is 1.60. The molecule has 0 spiro atoms. The van der Waals surface area contributed by atoms with Crippen LogP contribution in [0.2, 0.25) is 5.02 Å². The first kappa shape index (κ1) is 24.0. The first-order valence-corrected chi connectivity index (χ1v) is 11.4. The van der Waals surface area contributed by atoms with E-state index in [1.165, 1.54) is 47.4 Å². The van der Waals surface area contributed by atoms with Crippen LogP contribution in [-0.2, 0) is 10.1 Å². The maximum atomic E-state index is 12.6. The number of nitro benzene ring substituents is 1. The SMILES string of the molecule is CN(CCOc1ccccc1Cl)C(=O)c1ccc(OS(=O)(=O)c2cccc([N+](=O)[O-])c2)cc1. The van der Waals surface area contributed by atoms with E-state index in [1.54, 1.807) is 31.3 Å². The summed E-state index contributed by atoms with van der Waals surface area (Å²) in [6, 6.07) is 17.0. The number of non-ortho nitro benzene ring substituents is 1. The first-order chi connectivity index (χ1) is 15.7. The minimum absolute atomic E-state index is 0.0391. The van der Waals surface area contributed by atoms with Crippen molar-refractivity contribution in [1.82, 2.24) is 4.90 Å². The summed E-state index contributed by atoms with van der Waals surface area (Å²) >= 11 is 6.03. The summed E-state index contributed by atoms with van der Waals surface area (Å²) in [5.41, 5.74) is -0.0579. The maximum Gasteiger partial charge on any atom is 0.339 e. The van der Waals surface area contributed by atoms with Crippen LogP contribution < -0.4 is 8.92 Å². The molecule has 33 heavy (non-hydrogen) atoms. The van der Waals surface area contributed by atoms with Gasteiger partial charge in [-0.1, -0.05) is 29.8 Å². The van der Waals surface area contributed by atoms with Crippen LogP contribution in [0.5, 0.6) is 11.5 Å². The quantitative estimate of drug-likeness (QED) is 0.251. The number of halogens is 1. The van der Waals surface area contributed by atoms with Gasteiger partial charge in [0.05, 0.1) is 16.5 Å². The summed E-state index contributed by atoms with van der Waals surface area (Å²) < 4.78 is 35.5. The van der Waals surface area contributed by atoms with Crippen LogP contribution in [0.15, 0.2) is 77.7 Å². The van der Waals surface area contributed by atoms with Crippen LogP contribution in [0.3, 0.4) is 0 Å². The van der Waals surface area contributed by atoms with Crippen molar-refractivity contribution in [2.75, 3.05) is 20.2 Å². The third-order valence-corrected chi connectivity index (χ3v) is 6.05. The fraction of sp³-hybridized carbons (Fsp3) is 0.136. The molecule has 0 unspecified atom stereocenters. The molecule has 1 amide bonds. The number of rotatable bonds is 9. The Kier molecular flexibility index (Phi) is 7.52. The van der Waals surface area contributed by atoms with E-state index in [0.717, 1.165) is 6.07 Å². The molecule has 0 aliphatic heterocycles. The van der Waals surface area contributed by atoms with Crippen molar-refractivity contribution in [1.29, 1.82) is 0 Å². The molecule has 0 atom stereocenters. The Bertz CT molecular complexity index is 1260. The van der Waals surface area contributed by atoms with Gasteiger partial charge in [-0.2, -0.15) is 8.42 Å². The van der Waals surface area contributed by atoms with E-state index in [4.69, 9.17) is 20.5 Å². The highest BCUT2D eigenvalue weighted by Gasteiger charge is 2.20. The van der Waals surface area contributed by atoms with E-state index in [-0.39, 0.29) is 28.8 Å². The number of nitro groups is 1. The van der Waals surface area contributed by atoms with Crippen molar-refractivity contribution in [3.8, 4) is 11.5 Å². The van der Waals surface area contributed by atoms with Gasteiger partial charge in [0, 0.05) is 24.7 Å². The lowest BCUT2D eigenvalue weighted by atomic mass is 10.2. The number of likely N-dealkylation sites (N-methyl/N-ethyl adjacent to an activating group) is 1. The molecule has 3 rings (SSSR count). The molecule has 0 aliphatic rings. The van der Waals surface area contributed by atoms with Crippen LogP contribution in [0.1, 0.15) is 10.4 Å². The number of hydrogen-bond donors (Lipinski definition) is 0. The second-order valence-corrected chi connectivity index (χ2v) is 8.78. The minimum atomic E-state index is -4.29. The van der Waals surface area contributed by atoms with Crippen molar-refractivity contribution < 1.29 is 27.1 Å². The topological polar surface area (TPSA) is 116 Å². The molecule has 0 fully saturated rings. The van der Waals surface area contributed by atoms with E-state index in [0.29, 0.717) is 22.9 Å². The number of hydrogen-bond acceptors (Lipinski definition) is 7. The van der Waals surface area contributed by atoms with Gasteiger partial charge in [0.1, 0.15) is 23.0 Å². The molecular weight excluding hydrogens is 472 g/mol. The van der Waals surface area contributed by atoms with Crippen LogP contribution in [0.4, 0.5) is 5.69 Å². The fourth-order valence-electron chi connectivity index (χ4n) is 2.76. The molecule has 0 radical (unpaired) electrons. The number of amides is 1. The van der Waals surface area contributed by atoms with Crippen molar-refractivity contribution in [2.24, 2.45) is 0 Å². The van der Waals surface area contributed by atoms with Gasteiger partial charge in [-0.05, 0) is 42.5 Å². The molecule has 0 saturated heterocycles. The lowest BCUT2D eigenvalue weighted by Gasteiger charge is -2.18. The van der Waals surface area contributed by atoms with Crippen molar-refractivity contribution in [3.63, 3.8) is 0 Å². The van der Waals surface area contributed by atoms with Crippen molar-refractivity contribution in [2.45, 2.75) is 4.90 Å². The molecule has 0 heterocycles. The van der Waals surface area contributed by atoms with E-state index in [1.807, 2.05) is 0 Å². The fourth-order valence-corrected chi connectivity index (χ4v) is 3.92. The van der Waals surface area contributed by atoms with E-state index < -0.39 is 15.0 Å². The average molecular weight is 491 g/mol. The van der Waals surface area contributed by atoms with E-state index >= 15 is 0 Å². The zero-order chi connectivity index (χ0) is 24.0. The Labute approximate surface area is 195 Å². The van der Waals surface area contributed by atoms with Gasteiger partial charge in [-0.25, -0.2) is 0 Å². The first-order valence-electron chi connectivity index (χ1n) is 9.59. The molecule has 3 aromatic carbocycles. The Morgan fingerprint density at radius 3 is 2.42 bits per heavy atom. The smallest absolute Gasteiger partial charge is 0.339 e. The molecule has 0 bridgehead atoms. The maximum absolute atomic E-state index is 12.6. The summed E-state index contributed by atoms with van der Waals surface area (Å²) in [6.45, 7) is 0.526. The van der Waals surface area contributed by atoms with E-state index in [2.05, 4.69) is 0 Å². The Morgan fingerprint density at radius 2 is 1.76 bits per heavy atom. The van der Waals surface area contributed by atoms with Crippen LogP contribution in [0, 0.1) is 10.1 Å². The second-order valence-electron chi connectivity index (χ2n) is 6.82. The zero-order valence-corrected chi connectivity index (χ0v) is 19.0. The highest BCUT2D eigenvalue weighted by Crippen LogP contribution is 2.24. The van der Waals surface area contributed by atoms with Gasteiger partial charge in [0.2, 0.25) is 0 Å². The number of ether oxygens (including phenoxy) is 1. The molecule has 172 valence electrons. The molecule has 0 N–H and O–H groups in total. The number of carbonyl (C=O) groups is 1. The lowest BCUT2D eigenvalue weighted by molar-refractivity contribution is -0.385. The summed E-state index contributed by atoms with van der Waals surface area (Å²) in [6.07, 6.45) is 0. The number of benzene rings is 3. The Morgan fingerprint density at radius 1 is 1.06 bits per heavy atom. The number of carbonyl (C=O) groups excluding carboxylic acids is 1. The van der Waals surface area contributed by atoms with Crippen molar-refractivity contribution in [3.05, 3.63) is 93.5 Å². The third kappa shape index (κ3) is 6.21. The summed E-state index contributed by atoms with van der Waals surface area (Å²) in [5.74, 6) is 0.181. The number of para-hydroxylation sites is 1. The highest BCUT2D eigenvalue weighted by atomic mass is 35.5. The molecule has 0 aromatic heterocycles. The van der Waals surface area contributed by atoms with Gasteiger partial charge in [0.25, 0.3) is 11.6 Å². The molecule has 0 saturated carbocycles. The molecule has 9 nitrogen and oxygen atoms in total. The molecule has 0 aliphatic carbocycles. The average Bonchev–Trinajstić information content (AvgIpc) is 2.80. The second kappa shape index (κ2) is 10.3.